The van der Waals surface area contributed by atoms with Gasteiger partial charge in [0.05, 0.1) is 5.25 Å². The van der Waals surface area contributed by atoms with Crippen LogP contribution in [0, 0.1) is 0 Å². The molecule has 1 aliphatic rings. The molecule has 1 amide bonds. The molecule has 0 aromatic rings. The minimum absolute atomic E-state index is 0.0293. The van der Waals surface area contributed by atoms with Gasteiger partial charge in [-0.15, -0.1) is 0 Å². The fraction of sp³-hybridized carbons (Fsp3) is 0.400. The SMILES string of the molecule is C=C1CC(S)C(=O)N1. The van der Waals surface area contributed by atoms with Crippen molar-refractivity contribution in [2.24, 2.45) is 0 Å². The Morgan fingerprint density at radius 1 is 1.88 bits per heavy atom. The molecule has 0 bridgehead atoms. The van der Waals surface area contributed by atoms with Gasteiger partial charge in [0.15, 0.2) is 0 Å². The number of hydrogen-bond acceptors (Lipinski definition) is 2. The highest BCUT2D eigenvalue weighted by molar-refractivity contribution is 7.81. The molecule has 0 spiro atoms. The van der Waals surface area contributed by atoms with Crippen LogP contribution in [-0.4, -0.2) is 11.2 Å². The molecule has 1 fully saturated rings. The quantitative estimate of drug-likeness (QED) is 0.453. The van der Waals surface area contributed by atoms with Crippen molar-refractivity contribution >= 4 is 18.5 Å². The molecule has 0 saturated carbocycles. The van der Waals surface area contributed by atoms with Crippen molar-refractivity contribution in [2.45, 2.75) is 11.7 Å². The Bertz CT molecular complexity index is 143. The van der Waals surface area contributed by atoms with Gasteiger partial charge in [0.2, 0.25) is 5.91 Å². The Balaban J connectivity index is 2.64. The normalized spacial score (nSPS) is 28.4. The third-order valence-electron chi connectivity index (χ3n) is 1.04. The maximum Gasteiger partial charge on any atom is 0.237 e. The lowest BCUT2D eigenvalue weighted by Gasteiger charge is -1.88. The molecule has 1 saturated heterocycles. The van der Waals surface area contributed by atoms with Crippen LogP contribution >= 0.6 is 12.6 Å². The molecule has 3 heteroatoms. The second kappa shape index (κ2) is 1.82. The van der Waals surface area contributed by atoms with E-state index in [4.69, 9.17) is 0 Å². The minimum atomic E-state index is -0.164. The standard InChI is InChI=1S/C5H7NOS/c1-3-2-4(8)5(7)6-3/h4,8H,1-2H2,(H,6,7). The van der Waals surface area contributed by atoms with Crippen LogP contribution < -0.4 is 5.32 Å². The van der Waals surface area contributed by atoms with Crippen LogP contribution in [-0.2, 0) is 4.79 Å². The lowest BCUT2D eigenvalue weighted by Crippen LogP contribution is -2.17. The van der Waals surface area contributed by atoms with Gasteiger partial charge in [-0.25, -0.2) is 0 Å². The smallest absolute Gasteiger partial charge is 0.237 e. The van der Waals surface area contributed by atoms with Gasteiger partial charge in [0.25, 0.3) is 0 Å². The topological polar surface area (TPSA) is 29.1 Å². The van der Waals surface area contributed by atoms with Crippen LogP contribution in [0.3, 0.4) is 0 Å². The molecule has 0 aromatic carbocycles. The largest absolute Gasteiger partial charge is 0.329 e. The number of rotatable bonds is 0. The summed E-state index contributed by atoms with van der Waals surface area (Å²) < 4.78 is 0. The Hall–Kier alpha value is -0.440. The van der Waals surface area contributed by atoms with Crippen LogP contribution in [0.15, 0.2) is 12.3 Å². The summed E-state index contributed by atoms with van der Waals surface area (Å²) in [5.41, 5.74) is 0.773. The molecule has 2 nitrogen and oxygen atoms in total. The average Bonchev–Trinajstić information content (AvgIpc) is 1.85. The third kappa shape index (κ3) is 0.865. The van der Waals surface area contributed by atoms with E-state index < -0.39 is 0 Å². The van der Waals surface area contributed by atoms with E-state index in [1.54, 1.807) is 0 Å². The molecule has 44 valence electrons. The van der Waals surface area contributed by atoms with Gasteiger partial charge in [-0.3, -0.25) is 4.79 Å². The monoisotopic (exact) mass is 129 g/mol. The van der Waals surface area contributed by atoms with Crippen molar-refractivity contribution in [3.8, 4) is 0 Å². The zero-order valence-electron chi connectivity index (χ0n) is 4.35. The van der Waals surface area contributed by atoms with Gasteiger partial charge in [-0.1, -0.05) is 6.58 Å². The zero-order chi connectivity index (χ0) is 6.15. The number of amides is 1. The minimum Gasteiger partial charge on any atom is -0.329 e. The molecule has 1 rings (SSSR count). The third-order valence-corrected chi connectivity index (χ3v) is 1.46. The zero-order valence-corrected chi connectivity index (χ0v) is 5.24. The Labute approximate surface area is 53.4 Å². The first-order chi connectivity index (χ1) is 3.70. The van der Waals surface area contributed by atoms with E-state index in [1.807, 2.05) is 0 Å². The van der Waals surface area contributed by atoms with Crippen molar-refractivity contribution in [3.63, 3.8) is 0 Å². The van der Waals surface area contributed by atoms with E-state index in [-0.39, 0.29) is 11.2 Å². The van der Waals surface area contributed by atoms with E-state index in [0.717, 1.165) is 5.70 Å². The summed E-state index contributed by atoms with van der Waals surface area (Å²) in [4.78, 5) is 10.5. The number of carbonyl (C=O) groups excluding carboxylic acids is 1. The number of allylic oxidation sites excluding steroid dienone is 1. The van der Waals surface area contributed by atoms with E-state index >= 15 is 0 Å². The van der Waals surface area contributed by atoms with Crippen molar-refractivity contribution < 1.29 is 4.79 Å². The maximum absolute atomic E-state index is 10.5. The molecule has 0 aromatic heterocycles. The first-order valence-electron chi connectivity index (χ1n) is 2.37. The van der Waals surface area contributed by atoms with Gasteiger partial charge < -0.3 is 5.32 Å². The van der Waals surface area contributed by atoms with E-state index in [0.29, 0.717) is 6.42 Å². The highest BCUT2D eigenvalue weighted by atomic mass is 32.1. The van der Waals surface area contributed by atoms with Crippen molar-refractivity contribution in [2.75, 3.05) is 0 Å². The molecule has 1 unspecified atom stereocenters. The molecule has 8 heavy (non-hydrogen) atoms. The Kier molecular flexibility index (Phi) is 1.29. The number of thiol groups is 1. The predicted octanol–water partition coefficient (Wildman–Crippen LogP) is 0.318. The highest BCUT2D eigenvalue weighted by Gasteiger charge is 2.22. The molecule has 1 aliphatic heterocycles. The summed E-state index contributed by atoms with van der Waals surface area (Å²) in [6.07, 6.45) is 0.669. The number of nitrogens with one attached hydrogen (secondary N) is 1. The summed E-state index contributed by atoms with van der Waals surface area (Å²) >= 11 is 3.97. The van der Waals surface area contributed by atoms with Crippen LogP contribution in [0.4, 0.5) is 0 Å². The lowest BCUT2D eigenvalue weighted by atomic mass is 10.3. The first kappa shape index (κ1) is 5.69. The fourth-order valence-corrected chi connectivity index (χ4v) is 0.920. The summed E-state index contributed by atoms with van der Waals surface area (Å²) in [5, 5.41) is 2.39. The van der Waals surface area contributed by atoms with Crippen molar-refractivity contribution in [1.82, 2.24) is 5.32 Å². The molecule has 0 aliphatic carbocycles. The molecule has 1 heterocycles. The summed E-state index contributed by atoms with van der Waals surface area (Å²) in [5.74, 6) is -0.0293. The molecular formula is C5H7NOS. The molecular weight excluding hydrogens is 122 g/mol. The lowest BCUT2D eigenvalue weighted by molar-refractivity contribution is -0.118. The van der Waals surface area contributed by atoms with Crippen LogP contribution in [0.1, 0.15) is 6.42 Å². The van der Waals surface area contributed by atoms with E-state index in [9.17, 15) is 4.79 Å². The average molecular weight is 129 g/mol. The van der Waals surface area contributed by atoms with E-state index in [2.05, 4.69) is 24.5 Å². The van der Waals surface area contributed by atoms with Crippen LogP contribution in [0.5, 0.6) is 0 Å². The number of hydrogen-bond donors (Lipinski definition) is 2. The van der Waals surface area contributed by atoms with Crippen molar-refractivity contribution in [3.05, 3.63) is 12.3 Å². The van der Waals surface area contributed by atoms with E-state index in [1.165, 1.54) is 0 Å². The molecule has 1 atom stereocenters. The number of carbonyl (C=O) groups is 1. The van der Waals surface area contributed by atoms with Gasteiger partial charge in [0, 0.05) is 12.1 Å². The maximum atomic E-state index is 10.5. The van der Waals surface area contributed by atoms with Crippen molar-refractivity contribution in [1.29, 1.82) is 0 Å². The Morgan fingerprint density at radius 3 is 2.62 bits per heavy atom. The summed E-state index contributed by atoms with van der Waals surface area (Å²) in [6, 6.07) is 0. The van der Waals surface area contributed by atoms with Crippen LogP contribution in [0.25, 0.3) is 0 Å². The highest BCUT2D eigenvalue weighted by Crippen LogP contribution is 2.13. The summed E-state index contributed by atoms with van der Waals surface area (Å²) in [6.45, 7) is 3.57. The molecule has 1 N–H and O–H groups in total. The first-order valence-corrected chi connectivity index (χ1v) is 2.88. The molecule has 0 radical (unpaired) electrons. The van der Waals surface area contributed by atoms with Gasteiger partial charge in [-0.2, -0.15) is 12.6 Å². The second-order valence-corrected chi connectivity index (χ2v) is 2.44. The fourth-order valence-electron chi connectivity index (χ4n) is 0.635. The second-order valence-electron chi connectivity index (χ2n) is 1.81. The Morgan fingerprint density at radius 2 is 2.50 bits per heavy atom. The summed E-state index contributed by atoms with van der Waals surface area (Å²) in [7, 11) is 0. The van der Waals surface area contributed by atoms with Gasteiger partial charge >= 0.3 is 0 Å². The van der Waals surface area contributed by atoms with Gasteiger partial charge in [-0.05, 0) is 0 Å². The van der Waals surface area contributed by atoms with Gasteiger partial charge in [0.1, 0.15) is 0 Å². The van der Waals surface area contributed by atoms with Crippen LogP contribution in [0.2, 0.25) is 0 Å². The predicted molar refractivity (Wildman–Crippen MR) is 34.7 cm³/mol.